The molecule has 0 aliphatic heterocycles. The molecule has 9 rings (SSSR count). The Bertz CT molecular complexity index is 2880. The van der Waals surface area contributed by atoms with Crippen LogP contribution in [0, 0.1) is 13.8 Å². The molecule has 4 heteroatoms. The van der Waals surface area contributed by atoms with E-state index in [0.29, 0.717) is 0 Å². The highest BCUT2D eigenvalue weighted by Crippen LogP contribution is 2.56. The van der Waals surface area contributed by atoms with Gasteiger partial charge in [0.05, 0.1) is 22.4 Å². The number of nitrogens with zero attached hydrogens (tertiary/aromatic N) is 2. The first-order chi connectivity index (χ1) is 31.8. The maximum Gasteiger partial charge on any atom is 0.0988 e. The Morgan fingerprint density at radius 2 is 0.892 bits per heavy atom. The normalized spacial score (nSPS) is 12.8. The molecular weight excluding hydrogens is 825 g/mol. The highest BCUT2D eigenvalue weighted by atomic mass is 32.1. The second-order valence-electron chi connectivity index (χ2n) is 18.8. The van der Waals surface area contributed by atoms with Gasteiger partial charge in [0.2, 0.25) is 0 Å². The molecule has 0 saturated heterocycles. The zero-order valence-corrected chi connectivity index (χ0v) is 41.3. The van der Waals surface area contributed by atoms with Gasteiger partial charge in [-0.25, -0.2) is 9.97 Å². The highest BCUT2D eigenvalue weighted by Gasteiger charge is 2.42. The summed E-state index contributed by atoms with van der Waals surface area (Å²) >= 11 is 3.72. The summed E-state index contributed by atoms with van der Waals surface area (Å²) in [5.74, 6) is 0. The van der Waals surface area contributed by atoms with Crippen molar-refractivity contribution in [1.82, 2.24) is 9.97 Å². The quantitative estimate of drug-likeness (QED) is 0.0756. The molecule has 1 aliphatic carbocycles. The fourth-order valence-electron chi connectivity index (χ4n) is 10.5. The third-order valence-corrected chi connectivity index (χ3v) is 16.1. The molecule has 0 fully saturated rings. The Hall–Kier alpha value is -5.16. The van der Waals surface area contributed by atoms with Crippen molar-refractivity contribution in [3.05, 3.63) is 154 Å². The van der Waals surface area contributed by atoms with Gasteiger partial charge in [0.1, 0.15) is 0 Å². The van der Waals surface area contributed by atoms with Gasteiger partial charge in [0.15, 0.2) is 0 Å². The van der Waals surface area contributed by atoms with E-state index in [4.69, 9.17) is 9.97 Å². The van der Waals surface area contributed by atoms with Crippen molar-refractivity contribution in [2.75, 3.05) is 0 Å². The third kappa shape index (κ3) is 9.19. The smallest absolute Gasteiger partial charge is 0.0988 e. The van der Waals surface area contributed by atoms with Crippen molar-refractivity contribution in [3.8, 4) is 65.0 Å². The Morgan fingerprint density at radius 1 is 0.415 bits per heavy atom. The SMILES string of the molecule is CCCCCCC1(CCCCCC)c2cc(C)ccc2-c2ccc(-c3ccc(-c4ccc(-c5ccc(C)s5)c5nc(-c6ccc(CCC)cc6)c(-c6ccc(CCC)cc6)nc45)s3)cc21. The zero-order chi connectivity index (χ0) is 44.9. The molecule has 3 heterocycles. The molecule has 0 saturated carbocycles. The number of hydrogen-bond acceptors (Lipinski definition) is 4. The maximum atomic E-state index is 5.74. The van der Waals surface area contributed by atoms with Gasteiger partial charge in [0.25, 0.3) is 0 Å². The molecule has 8 aromatic rings. The van der Waals surface area contributed by atoms with Crippen LogP contribution in [0.25, 0.3) is 76.0 Å². The van der Waals surface area contributed by atoms with Crippen molar-refractivity contribution in [2.45, 2.75) is 137 Å². The van der Waals surface area contributed by atoms with Crippen molar-refractivity contribution >= 4 is 33.7 Å². The van der Waals surface area contributed by atoms with Gasteiger partial charge in [-0.1, -0.05) is 188 Å². The molecule has 332 valence electrons. The molecule has 0 bridgehead atoms. The van der Waals surface area contributed by atoms with Crippen LogP contribution in [-0.4, -0.2) is 9.97 Å². The largest absolute Gasteiger partial charge is 0.243 e. The number of thiophene rings is 2. The van der Waals surface area contributed by atoms with Gasteiger partial charge in [-0.05, 0) is 109 Å². The fourth-order valence-corrected chi connectivity index (χ4v) is 12.4. The zero-order valence-electron chi connectivity index (χ0n) is 39.7. The first-order valence-electron chi connectivity index (χ1n) is 24.8. The minimum atomic E-state index is 0.0508. The minimum absolute atomic E-state index is 0.0508. The first-order valence-corrected chi connectivity index (χ1v) is 26.4. The van der Waals surface area contributed by atoms with Gasteiger partial charge in [0, 0.05) is 47.2 Å². The molecule has 3 aromatic heterocycles. The fraction of sp³-hybridized carbons (Fsp3) is 0.344. The average molecular weight is 891 g/mol. The van der Waals surface area contributed by atoms with Crippen molar-refractivity contribution < 1.29 is 0 Å². The van der Waals surface area contributed by atoms with Gasteiger partial charge in [-0.15, -0.1) is 22.7 Å². The summed E-state index contributed by atoms with van der Waals surface area (Å²) in [6.07, 6.45) is 17.1. The number of unbranched alkanes of at least 4 members (excludes halogenated alkanes) is 6. The molecule has 0 unspecified atom stereocenters. The predicted molar refractivity (Wildman–Crippen MR) is 284 cm³/mol. The van der Waals surface area contributed by atoms with Crippen molar-refractivity contribution in [2.24, 2.45) is 0 Å². The lowest BCUT2D eigenvalue weighted by molar-refractivity contribution is 0.401. The molecule has 65 heavy (non-hydrogen) atoms. The van der Waals surface area contributed by atoms with E-state index < -0.39 is 0 Å². The summed E-state index contributed by atoms with van der Waals surface area (Å²) in [7, 11) is 0. The second kappa shape index (κ2) is 20.1. The van der Waals surface area contributed by atoms with Gasteiger partial charge in [-0.2, -0.15) is 0 Å². The van der Waals surface area contributed by atoms with Crippen LogP contribution in [0.15, 0.2) is 121 Å². The molecule has 1 aliphatic rings. The van der Waals surface area contributed by atoms with Crippen LogP contribution < -0.4 is 0 Å². The van der Waals surface area contributed by atoms with Crippen LogP contribution >= 0.6 is 22.7 Å². The molecule has 5 aromatic carbocycles. The van der Waals surface area contributed by atoms with Crippen LogP contribution in [0.5, 0.6) is 0 Å². The minimum Gasteiger partial charge on any atom is -0.243 e. The number of benzene rings is 5. The summed E-state index contributed by atoms with van der Waals surface area (Å²) in [6.45, 7) is 13.6. The van der Waals surface area contributed by atoms with E-state index in [9.17, 15) is 0 Å². The van der Waals surface area contributed by atoms with E-state index in [1.807, 2.05) is 22.7 Å². The molecule has 0 N–H and O–H groups in total. The molecule has 0 atom stereocenters. The van der Waals surface area contributed by atoms with E-state index in [1.54, 1.807) is 11.1 Å². The maximum absolute atomic E-state index is 5.74. The van der Waals surface area contributed by atoms with Crippen LogP contribution in [-0.2, 0) is 18.3 Å². The monoisotopic (exact) mass is 890 g/mol. The predicted octanol–water partition coefficient (Wildman–Crippen LogP) is 18.8. The lowest BCUT2D eigenvalue weighted by Gasteiger charge is -2.33. The summed E-state index contributed by atoms with van der Waals surface area (Å²) in [6, 6.07) is 46.6. The Labute approximate surface area is 397 Å². The Kier molecular flexibility index (Phi) is 14.0. The lowest BCUT2D eigenvalue weighted by Crippen LogP contribution is -2.25. The Morgan fingerprint density at radius 3 is 1.42 bits per heavy atom. The van der Waals surface area contributed by atoms with Crippen molar-refractivity contribution in [3.63, 3.8) is 0 Å². The van der Waals surface area contributed by atoms with Crippen LogP contribution in [0.4, 0.5) is 0 Å². The molecule has 0 radical (unpaired) electrons. The summed E-state index contributed by atoms with van der Waals surface area (Å²) < 4.78 is 0. The molecule has 0 spiro atoms. The van der Waals surface area contributed by atoms with E-state index in [-0.39, 0.29) is 5.41 Å². The molecule has 0 amide bonds. The number of aryl methyl sites for hydroxylation is 4. The van der Waals surface area contributed by atoms with Gasteiger partial charge < -0.3 is 0 Å². The first kappa shape index (κ1) is 45.0. The average Bonchev–Trinajstić information content (AvgIpc) is 4.06. The van der Waals surface area contributed by atoms with Gasteiger partial charge >= 0.3 is 0 Å². The van der Waals surface area contributed by atoms with E-state index >= 15 is 0 Å². The number of aromatic nitrogens is 2. The summed E-state index contributed by atoms with van der Waals surface area (Å²) in [4.78, 5) is 16.5. The number of hydrogen-bond donors (Lipinski definition) is 0. The molecule has 2 nitrogen and oxygen atoms in total. The van der Waals surface area contributed by atoms with Crippen molar-refractivity contribution in [1.29, 1.82) is 0 Å². The van der Waals surface area contributed by atoms with Gasteiger partial charge in [-0.3, -0.25) is 0 Å². The van der Waals surface area contributed by atoms with Crippen LogP contribution in [0.1, 0.15) is 137 Å². The van der Waals surface area contributed by atoms with E-state index in [2.05, 4.69) is 163 Å². The van der Waals surface area contributed by atoms with Crippen LogP contribution in [0.2, 0.25) is 0 Å². The summed E-state index contributed by atoms with van der Waals surface area (Å²) in [5, 5.41) is 0. The van der Waals surface area contributed by atoms with Crippen LogP contribution in [0.3, 0.4) is 0 Å². The topological polar surface area (TPSA) is 25.8 Å². The lowest BCUT2D eigenvalue weighted by atomic mass is 9.70. The van der Waals surface area contributed by atoms with E-state index in [1.165, 1.54) is 117 Å². The number of rotatable bonds is 19. The standard InChI is InChI=1S/C61H66N2S2/c1-7-11-13-15-37-61(38-16-14-12-8-2)52-39-41(5)19-30-48(52)49-31-29-47(40-53(49)61)54-35-36-56(65-54)51-33-32-50(55-34-20-42(6)64-55)59-60(51)63-58(46-27-23-44(18-10-4)24-28-46)57(62-59)45-25-21-43(17-9-3)22-26-45/h19-36,39-40H,7-18,37-38H2,1-6H3. The second-order valence-corrected chi connectivity index (χ2v) is 21.1. The summed E-state index contributed by atoms with van der Waals surface area (Å²) in [5.41, 5.74) is 19.7. The van der Waals surface area contributed by atoms with E-state index in [0.717, 1.165) is 70.4 Å². The third-order valence-electron chi connectivity index (χ3n) is 13.9. The Balaban J connectivity index is 1.18. The molecular formula is C61H66N2S2. The number of fused-ring (bicyclic) bond motifs is 4. The highest BCUT2D eigenvalue weighted by molar-refractivity contribution is 7.19.